The van der Waals surface area contributed by atoms with Gasteiger partial charge in [-0.25, -0.2) is 0 Å². The molecule has 0 aromatic heterocycles. The lowest BCUT2D eigenvalue weighted by atomic mass is 10.1. The summed E-state index contributed by atoms with van der Waals surface area (Å²) in [5, 5.41) is 12.5. The highest BCUT2D eigenvalue weighted by Crippen LogP contribution is 2.47. The predicted molar refractivity (Wildman–Crippen MR) is 89.2 cm³/mol. The van der Waals surface area contributed by atoms with Crippen molar-refractivity contribution in [1.29, 1.82) is 0 Å². The average molecular weight is 332 g/mol. The SMILES string of the molecule is O=C(CN1CCC(O)CC1)Nc1ccc2c(c1)OC1(CCCC1)O2. The van der Waals surface area contributed by atoms with Gasteiger partial charge in [-0.15, -0.1) is 0 Å². The number of fused-ring (bicyclic) bond motifs is 1. The van der Waals surface area contributed by atoms with Crippen LogP contribution < -0.4 is 14.8 Å². The van der Waals surface area contributed by atoms with E-state index in [1.165, 1.54) is 0 Å². The summed E-state index contributed by atoms with van der Waals surface area (Å²) in [6.45, 7) is 1.88. The van der Waals surface area contributed by atoms with Crippen molar-refractivity contribution in [2.24, 2.45) is 0 Å². The van der Waals surface area contributed by atoms with Gasteiger partial charge in [0, 0.05) is 37.7 Å². The monoisotopic (exact) mass is 332 g/mol. The number of aliphatic hydroxyl groups excluding tert-OH is 1. The third kappa shape index (κ3) is 3.21. The van der Waals surface area contributed by atoms with Gasteiger partial charge in [0.05, 0.1) is 12.6 Å². The van der Waals surface area contributed by atoms with Gasteiger partial charge in [-0.3, -0.25) is 9.69 Å². The van der Waals surface area contributed by atoms with Gasteiger partial charge in [0.2, 0.25) is 5.91 Å². The number of rotatable bonds is 3. The molecule has 1 amide bonds. The van der Waals surface area contributed by atoms with E-state index >= 15 is 0 Å². The Balaban J connectivity index is 1.35. The molecule has 2 N–H and O–H groups in total. The van der Waals surface area contributed by atoms with E-state index in [0.717, 1.165) is 68.8 Å². The van der Waals surface area contributed by atoms with E-state index < -0.39 is 5.79 Å². The molecule has 2 fully saturated rings. The summed E-state index contributed by atoms with van der Waals surface area (Å²) in [6, 6.07) is 5.57. The van der Waals surface area contributed by atoms with E-state index in [-0.39, 0.29) is 12.0 Å². The quantitative estimate of drug-likeness (QED) is 0.887. The Morgan fingerprint density at radius 3 is 2.67 bits per heavy atom. The van der Waals surface area contributed by atoms with Crippen molar-refractivity contribution >= 4 is 11.6 Å². The number of hydrogen-bond acceptors (Lipinski definition) is 5. The maximum Gasteiger partial charge on any atom is 0.251 e. The van der Waals surface area contributed by atoms with Crippen molar-refractivity contribution in [1.82, 2.24) is 4.90 Å². The molecular weight excluding hydrogens is 308 g/mol. The van der Waals surface area contributed by atoms with Crippen molar-refractivity contribution in [3.05, 3.63) is 18.2 Å². The highest BCUT2D eigenvalue weighted by Gasteiger charge is 2.44. The van der Waals surface area contributed by atoms with Crippen LogP contribution in [0.3, 0.4) is 0 Å². The summed E-state index contributed by atoms with van der Waals surface area (Å²) in [7, 11) is 0. The molecule has 6 heteroatoms. The molecule has 1 aliphatic carbocycles. The summed E-state index contributed by atoms with van der Waals surface area (Å²) < 4.78 is 12.0. The molecule has 1 aromatic rings. The lowest BCUT2D eigenvalue weighted by molar-refractivity contribution is -0.117. The molecule has 0 atom stereocenters. The minimum Gasteiger partial charge on any atom is -0.448 e. The number of aliphatic hydroxyl groups is 1. The number of benzene rings is 1. The van der Waals surface area contributed by atoms with E-state index in [1.54, 1.807) is 0 Å². The van der Waals surface area contributed by atoms with Gasteiger partial charge < -0.3 is 19.9 Å². The van der Waals surface area contributed by atoms with Crippen LogP contribution in [0.5, 0.6) is 11.5 Å². The zero-order valence-corrected chi connectivity index (χ0v) is 13.8. The molecule has 2 aliphatic heterocycles. The normalized spacial score (nSPS) is 22.9. The zero-order chi connectivity index (χ0) is 16.6. The number of hydrogen-bond donors (Lipinski definition) is 2. The fourth-order valence-electron chi connectivity index (χ4n) is 3.77. The Morgan fingerprint density at radius 2 is 1.92 bits per heavy atom. The number of carbonyl (C=O) groups excluding carboxylic acids is 1. The topological polar surface area (TPSA) is 71.0 Å². The third-order valence-electron chi connectivity index (χ3n) is 5.11. The molecular formula is C18H24N2O4. The Hall–Kier alpha value is -1.79. The van der Waals surface area contributed by atoms with E-state index in [2.05, 4.69) is 10.2 Å². The summed E-state index contributed by atoms with van der Waals surface area (Å²) in [5.41, 5.74) is 0.731. The summed E-state index contributed by atoms with van der Waals surface area (Å²) in [5.74, 6) is 0.969. The molecule has 1 aromatic carbocycles. The zero-order valence-electron chi connectivity index (χ0n) is 13.8. The first kappa shape index (κ1) is 15.7. The van der Waals surface area contributed by atoms with Crippen LogP contribution in [0.2, 0.25) is 0 Å². The second kappa shape index (κ2) is 6.26. The van der Waals surface area contributed by atoms with Crippen LogP contribution in [0.25, 0.3) is 0 Å². The van der Waals surface area contributed by atoms with Crippen LogP contribution in [0, 0.1) is 0 Å². The van der Waals surface area contributed by atoms with Gasteiger partial charge in [-0.2, -0.15) is 0 Å². The lowest BCUT2D eigenvalue weighted by Crippen LogP contribution is -2.40. The maximum atomic E-state index is 12.2. The number of anilines is 1. The Labute approximate surface area is 141 Å². The molecule has 1 saturated heterocycles. The number of amides is 1. The number of nitrogens with zero attached hydrogens (tertiary/aromatic N) is 1. The molecule has 130 valence electrons. The molecule has 1 spiro atoms. The second-order valence-corrected chi connectivity index (χ2v) is 7.04. The number of nitrogens with one attached hydrogen (secondary N) is 1. The van der Waals surface area contributed by atoms with Crippen molar-refractivity contribution < 1.29 is 19.4 Å². The Bertz CT molecular complexity index is 619. The van der Waals surface area contributed by atoms with Crippen LogP contribution in [-0.2, 0) is 4.79 Å². The number of carbonyl (C=O) groups is 1. The molecule has 4 rings (SSSR count). The molecule has 3 aliphatic rings. The van der Waals surface area contributed by atoms with Crippen LogP contribution >= 0.6 is 0 Å². The molecule has 0 radical (unpaired) electrons. The molecule has 1 saturated carbocycles. The maximum absolute atomic E-state index is 12.2. The van der Waals surface area contributed by atoms with Crippen LogP contribution in [-0.4, -0.2) is 47.4 Å². The van der Waals surface area contributed by atoms with Gasteiger partial charge >= 0.3 is 0 Å². The standard InChI is InChI=1S/C18H24N2O4/c21-14-5-9-20(10-6-14)12-17(22)19-13-3-4-15-16(11-13)24-18(23-15)7-1-2-8-18/h3-4,11,14,21H,1-2,5-10,12H2,(H,19,22). The predicted octanol–water partition coefficient (Wildman–Crippen LogP) is 2.12. The molecule has 6 nitrogen and oxygen atoms in total. The minimum atomic E-state index is -0.473. The Kier molecular flexibility index (Phi) is 4.10. The van der Waals surface area contributed by atoms with Crippen molar-refractivity contribution in [3.63, 3.8) is 0 Å². The smallest absolute Gasteiger partial charge is 0.251 e. The number of ether oxygens (including phenoxy) is 2. The number of likely N-dealkylation sites (tertiary alicyclic amines) is 1. The van der Waals surface area contributed by atoms with Crippen LogP contribution in [0.4, 0.5) is 5.69 Å². The molecule has 0 bridgehead atoms. The molecule has 24 heavy (non-hydrogen) atoms. The molecule has 2 heterocycles. The first-order valence-electron chi connectivity index (χ1n) is 8.84. The highest BCUT2D eigenvalue weighted by atomic mass is 16.7. The summed E-state index contributed by atoms with van der Waals surface area (Å²) >= 11 is 0. The van der Waals surface area contributed by atoms with Crippen molar-refractivity contribution in [2.45, 2.75) is 50.4 Å². The lowest BCUT2D eigenvalue weighted by Gasteiger charge is -2.28. The van der Waals surface area contributed by atoms with Gasteiger partial charge in [-0.05, 0) is 37.8 Å². The van der Waals surface area contributed by atoms with Crippen LogP contribution in [0.15, 0.2) is 18.2 Å². The van der Waals surface area contributed by atoms with E-state index in [0.29, 0.717) is 6.54 Å². The fraction of sp³-hybridized carbons (Fsp3) is 0.611. The first-order valence-corrected chi connectivity index (χ1v) is 8.84. The van der Waals surface area contributed by atoms with Gasteiger partial charge in [-0.1, -0.05) is 0 Å². The highest BCUT2D eigenvalue weighted by molar-refractivity contribution is 5.92. The second-order valence-electron chi connectivity index (χ2n) is 7.04. The van der Waals surface area contributed by atoms with E-state index in [4.69, 9.17) is 9.47 Å². The van der Waals surface area contributed by atoms with E-state index in [1.807, 2.05) is 18.2 Å². The average Bonchev–Trinajstić information content (AvgIpc) is 3.15. The van der Waals surface area contributed by atoms with Crippen molar-refractivity contribution in [3.8, 4) is 11.5 Å². The van der Waals surface area contributed by atoms with Crippen molar-refractivity contribution in [2.75, 3.05) is 25.0 Å². The van der Waals surface area contributed by atoms with Crippen LogP contribution in [0.1, 0.15) is 38.5 Å². The minimum absolute atomic E-state index is 0.0409. The fourth-order valence-corrected chi connectivity index (χ4v) is 3.77. The van der Waals surface area contributed by atoms with Gasteiger partial charge in [0.1, 0.15) is 0 Å². The largest absolute Gasteiger partial charge is 0.448 e. The van der Waals surface area contributed by atoms with Gasteiger partial charge in [0.25, 0.3) is 5.79 Å². The number of piperidine rings is 1. The van der Waals surface area contributed by atoms with E-state index in [9.17, 15) is 9.90 Å². The summed E-state index contributed by atoms with van der Waals surface area (Å²) in [6.07, 6.45) is 5.35. The Morgan fingerprint density at radius 1 is 1.21 bits per heavy atom. The first-order chi connectivity index (χ1) is 11.6. The van der Waals surface area contributed by atoms with Gasteiger partial charge in [0.15, 0.2) is 11.5 Å². The molecule has 0 unspecified atom stereocenters. The summed E-state index contributed by atoms with van der Waals surface area (Å²) in [4.78, 5) is 14.3. The third-order valence-corrected chi connectivity index (χ3v) is 5.11.